The number of pyridine rings is 1. The van der Waals surface area contributed by atoms with Crippen molar-refractivity contribution in [3.63, 3.8) is 0 Å². The van der Waals surface area contributed by atoms with E-state index in [9.17, 15) is 32.0 Å². The zero-order valence-electron chi connectivity index (χ0n) is 37.2. The number of imide groups is 1. The molecule has 0 spiro atoms. The molecule has 3 saturated heterocycles. The Balaban J connectivity index is 0.691. The van der Waals surface area contributed by atoms with Gasteiger partial charge in [-0.1, -0.05) is 12.1 Å². The molecule has 1 saturated carbocycles. The number of aromatic nitrogens is 2. The first kappa shape index (κ1) is 45.4. The molecule has 3 amide bonds. The second-order valence-corrected chi connectivity index (χ2v) is 19.9. The van der Waals surface area contributed by atoms with Crippen molar-refractivity contribution < 1.29 is 45.5 Å². The zero-order valence-corrected chi connectivity index (χ0v) is 38.0. The molecule has 3 N–H and O–H groups in total. The van der Waals surface area contributed by atoms with Crippen LogP contribution in [-0.2, 0) is 26.3 Å². The molecule has 4 aliphatic heterocycles. The van der Waals surface area contributed by atoms with Crippen molar-refractivity contribution in [1.82, 2.24) is 34.3 Å². The molecule has 2 aromatic heterocycles. The van der Waals surface area contributed by atoms with E-state index in [4.69, 9.17) is 4.74 Å². The number of ketones is 1. The van der Waals surface area contributed by atoms with Crippen molar-refractivity contribution in [2.24, 2.45) is 0 Å². The van der Waals surface area contributed by atoms with E-state index in [-0.39, 0.29) is 42.9 Å². The van der Waals surface area contributed by atoms with Gasteiger partial charge in [-0.2, -0.15) is 12.7 Å². The summed E-state index contributed by atoms with van der Waals surface area (Å²) in [6.07, 6.45) is 3.99. The number of ether oxygens (including phenoxy) is 1. The van der Waals surface area contributed by atoms with Crippen molar-refractivity contribution in [3.8, 4) is 16.9 Å². The topological polar surface area (TPSA) is 181 Å². The molecule has 0 bridgehead atoms. The highest BCUT2D eigenvalue weighted by Crippen LogP contribution is 2.34. The van der Waals surface area contributed by atoms with E-state index in [0.29, 0.717) is 46.9 Å². The van der Waals surface area contributed by atoms with Crippen LogP contribution in [0.1, 0.15) is 63.9 Å². The van der Waals surface area contributed by atoms with Gasteiger partial charge in [-0.15, -0.1) is 0 Å². The van der Waals surface area contributed by atoms with Gasteiger partial charge in [0.25, 0.3) is 5.91 Å². The Kier molecular flexibility index (Phi) is 12.2. The van der Waals surface area contributed by atoms with Gasteiger partial charge in [0.1, 0.15) is 35.5 Å². The molecule has 1 aliphatic carbocycles. The van der Waals surface area contributed by atoms with Crippen LogP contribution in [0.3, 0.4) is 0 Å². The van der Waals surface area contributed by atoms with E-state index in [1.165, 1.54) is 6.20 Å². The fourth-order valence-corrected chi connectivity index (χ4v) is 11.1. The normalized spacial score (nSPS) is 22.5. The summed E-state index contributed by atoms with van der Waals surface area (Å²) in [4.78, 5) is 67.0. The summed E-state index contributed by atoms with van der Waals surface area (Å²) in [6.45, 7) is 5.30. The summed E-state index contributed by atoms with van der Waals surface area (Å²) in [6, 6.07) is 16.5. The number of piperazine rings is 1. The minimum absolute atomic E-state index is 0.000146. The number of benzene rings is 3. The number of anilines is 2. The molecule has 3 aromatic carbocycles. The highest BCUT2D eigenvalue weighted by molar-refractivity contribution is 7.90. The summed E-state index contributed by atoms with van der Waals surface area (Å²) < 4.78 is 79.3. The first-order chi connectivity index (χ1) is 32.7. The van der Waals surface area contributed by atoms with Crippen LogP contribution in [0.25, 0.3) is 22.2 Å². The summed E-state index contributed by atoms with van der Waals surface area (Å²) in [7, 11) is -2.21. The lowest BCUT2D eigenvalue weighted by atomic mass is 9.88. The predicted octanol–water partition coefficient (Wildman–Crippen LogP) is 4.86. The number of carbonyl (C=O) groups is 4. The van der Waals surface area contributed by atoms with Crippen LogP contribution >= 0.6 is 0 Å². The third-order valence-corrected chi connectivity index (χ3v) is 15.5. The SMILES string of the molecule is CN(CCN1CCN(c2ccc3c(c2)CN(C2CCC(=O)NC2=O)C3=O)CC1)C1CC(Oc2ccc(-c3cnc4[nH]cc(C(=O)c5c(F)ccc(NS(=O)(=O)N6CC[C@@H](F)C6)c5F)c4c3)cc2)C1. The first-order valence-electron chi connectivity index (χ1n) is 22.8. The number of likely N-dealkylation sites (N-methyl/N-ethyl adjacent to an activating group) is 1. The number of piperidine rings is 1. The number of fused-ring (bicyclic) bond motifs is 2. The lowest BCUT2D eigenvalue weighted by Crippen LogP contribution is -2.52. The van der Waals surface area contributed by atoms with E-state index in [0.717, 1.165) is 85.4 Å². The maximum absolute atomic E-state index is 15.7. The average molecular weight is 954 g/mol. The molecular formula is C48H50F3N9O7S. The smallest absolute Gasteiger partial charge is 0.301 e. The number of H-pyrrole nitrogens is 1. The zero-order chi connectivity index (χ0) is 47.4. The van der Waals surface area contributed by atoms with Gasteiger partial charge in [0.2, 0.25) is 17.6 Å². The fourth-order valence-electron chi connectivity index (χ4n) is 9.81. The molecule has 6 heterocycles. The van der Waals surface area contributed by atoms with Crippen LogP contribution in [-0.4, -0.2) is 145 Å². The molecule has 356 valence electrons. The van der Waals surface area contributed by atoms with Gasteiger partial charge in [-0.25, -0.2) is 18.2 Å². The number of hydrogen-bond acceptors (Lipinski definition) is 11. The van der Waals surface area contributed by atoms with Crippen molar-refractivity contribution in [3.05, 3.63) is 107 Å². The summed E-state index contributed by atoms with van der Waals surface area (Å²) >= 11 is 0. The highest BCUT2D eigenvalue weighted by atomic mass is 32.2. The maximum atomic E-state index is 15.7. The number of halogens is 3. The van der Waals surface area contributed by atoms with Gasteiger partial charge in [0.15, 0.2) is 5.82 Å². The van der Waals surface area contributed by atoms with Crippen molar-refractivity contribution in [2.75, 3.05) is 69.0 Å². The average Bonchev–Trinajstić information content (AvgIpc) is 4.04. The minimum atomic E-state index is -4.36. The second kappa shape index (κ2) is 18.3. The number of aromatic amines is 1. The number of rotatable bonds is 14. The van der Waals surface area contributed by atoms with Gasteiger partial charge >= 0.3 is 10.2 Å². The standard InChI is InChI=1S/C48H50F3N9O7S/c1-56(14-15-57-16-18-58(19-17-57)32-4-7-36-30(20-32)26-60(48(36)64)41-10-11-42(61)54-47(41)63)33-22-35(23-33)67-34-5-2-28(3-6-34)29-21-37-38(25-53-46(37)52-24-29)45(62)43-39(50)8-9-40(44(43)51)55-68(65,66)59-13-12-31(49)27-59/h2-9,20-21,24-25,31,33,35,41,55H,10-19,22-23,26-27H2,1H3,(H,52,53)(H,54,61,63)/t31-,33?,35?,41?/m1/s1. The number of alkyl halides is 1. The van der Waals surface area contributed by atoms with Gasteiger partial charge in [0.05, 0.1) is 11.3 Å². The Morgan fingerprint density at radius 1 is 0.956 bits per heavy atom. The number of hydrogen-bond donors (Lipinski definition) is 3. The molecule has 1 unspecified atom stereocenters. The molecule has 20 heteroatoms. The van der Waals surface area contributed by atoms with E-state index in [1.807, 2.05) is 41.1 Å². The number of carbonyl (C=O) groups excluding carboxylic acids is 4. The van der Waals surface area contributed by atoms with Crippen LogP contribution in [0.4, 0.5) is 24.5 Å². The van der Waals surface area contributed by atoms with Crippen molar-refractivity contribution >= 4 is 56.1 Å². The number of nitrogens with one attached hydrogen (secondary N) is 3. The lowest BCUT2D eigenvalue weighted by molar-refractivity contribution is -0.136. The highest BCUT2D eigenvalue weighted by Gasteiger charge is 2.40. The molecule has 16 nitrogen and oxygen atoms in total. The first-order valence-corrected chi connectivity index (χ1v) is 24.3. The van der Waals surface area contributed by atoms with E-state index in [2.05, 4.69) is 43.1 Å². The number of amides is 3. The van der Waals surface area contributed by atoms with Gasteiger partial charge < -0.3 is 24.4 Å². The van der Waals surface area contributed by atoms with E-state index in [1.54, 1.807) is 17.2 Å². The van der Waals surface area contributed by atoms with E-state index >= 15 is 8.78 Å². The molecule has 5 aliphatic rings. The lowest BCUT2D eigenvalue weighted by Gasteiger charge is -2.42. The molecule has 68 heavy (non-hydrogen) atoms. The minimum Gasteiger partial charge on any atom is -0.490 e. The van der Waals surface area contributed by atoms with Crippen LogP contribution in [0.15, 0.2) is 73.1 Å². The van der Waals surface area contributed by atoms with Crippen LogP contribution < -0.4 is 19.7 Å². The molecule has 5 aromatic rings. The summed E-state index contributed by atoms with van der Waals surface area (Å²) in [5, 5.41) is 2.67. The van der Waals surface area contributed by atoms with Crippen molar-refractivity contribution in [2.45, 2.75) is 63.0 Å². The van der Waals surface area contributed by atoms with Crippen LogP contribution in [0.5, 0.6) is 5.75 Å². The molecule has 4 fully saturated rings. The Bertz CT molecular complexity index is 2920. The van der Waals surface area contributed by atoms with Crippen molar-refractivity contribution in [1.29, 1.82) is 0 Å². The molecule has 2 atom stereocenters. The summed E-state index contributed by atoms with van der Waals surface area (Å²) in [5.41, 5.74) is 2.67. The third kappa shape index (κ3) is 8.92. The van der Waals surface area contributed by atoms with E-state index < -0.39 is 63.5 Å². The quantitative estimate of drug-likeness (QED) is 0.102. The maximum Gasteiger partial charge on any atom is 0.301 e. The largest absolute Gasteiger partial charge is 0.490 e. The Hall–Kier alpha value is -6.35. The predicted molar refractivity (Wildman–Crippen MR) is 246 cm³/mol. The monoisotopic (exact) mass is 953 g/mol. The van der Waals surface area contributed by atoms with Crippen LogP contribution in [0.2, 0.25) is 0 Å². The second-order valence-electron chi connectivity index (χ2n) is 18.2. The Morgan fingerprint density at radius 3 is 2.47 bits per heavy atom. The van der Waals surface area contributed by atoms with Gasteiger partial charge in [0, 0.05) is 124 Å². The molecule has 10 rings (SSSR count). The molecule has 0 radical (unpaired) electrons. The fraction of sp³-hybridized carbons (Fsp3) is 0.396. The van der Waals surface area contributed by atoms with Gasteiger partial charge in [-0.05, 0) is 79.5 Å². The number of nitrogens with zero attached hydrogens (tertiary/aromatic N) is 6. The van der Waals surface area contributed by atoms with Gasteiger partial charge in [-0.3, -0.25) is 34.1 Å². The molecular weight excluding hydrogens is 904 g/mol. The van der Waals surface area contributed by atoms with Crippen LogP contribution in [0, 0.1) is 11.6 Å². The summed E-state index contributed by atoms with van der Waals surface area (Å²) in [5.74, 6) is -3.75. The Morgan fingerprint density at radius 2 is 1.74 bits per heavy atom. The third-order valence-electron chi connectivity index (χ3n) is 14.0. The Labute approximate surface area is 390 Å².